The number of rotatable bonds is 6. The molecule has 0 bridgehead atoms. The first-order chi connectivity index (χ1) is 9.05. The minimum Gasteiger partial charge on any atom is -0.338 e. The van der Waals surface area contributed by atoms with E-state index in [1.807, 2.05) is 30.9 Å². The van der Waals surface area contributed by atoms with Gasteiger partial charge in [0.1, 0.15) is 5.82 Å². The third-order valence-electron chi connectivity index (χ3n) is 3.42. The molecule has 1 aromatic carbocycles. The molecule has 2 aromatic rings. The van der Waals surface area contributed by atoms with Crippen LogP contribution in [0.3, 0.4) is 0 Å². The summed E-state index contributed by atoms with van der Waals surface area (Å²) in [6, 6.07) is 9.36. The van der Waals surface area contributed by atoms with Gasteiger partial charge in [-0.05, 0) is 24.6 Å². The van der Waals surface area contributed by atoms with E-state index in [1.54, 1.807) is 12.1 Å². The van der Waals surface area contributed by atoms with Crippen LogP contribution in [0, 0.1) is 5.82 Å². The van der Waals surface area contributed by atoms with Crippen LogP contribution < -0.4 is 0 Å². The normalized spacial score (nSPS) is 11.2. The number of hydrogen-bond acceptors (Lipinski definition) is 1. The lowest BCUT2D eigenvalue weighted by atomic mass is 10.2. The molecule has 0 saturated carbocycles. The molecule has 20 heavy (non-hydrogen) atoms. The van der Waals surface area contributed by atoms with Crippen molar-refractivity contribution in [2.24, 2.45) is 0 Å². The Balaban J connectivity index is 0.00000200. The highest BCUT2D eigenvalue weighted by Gasteiger charge is 2.20. The fourth-order valence-electron chi connectivity index (χ4n) is 2.40. The molecule has 0 spiro atoms. The highest BCUT2D eigenvalue weighted by Crippen LogP contribution is 2.19. The summed E-state index contributed by atoms with van der Waals surface area (Å²) in [5, 5.41) is 0. The highest BCUT2D eigenvalue weighted by molar-refractivity contribution is 6.76. The first-order valence-electron chi connectivity index (χ1n) is 6.75. The lowest BCUT2D eigenvalue weighted by molar-refractivity contribution is 0.627. The van der Waals surface area contributed by atoms with Crippen LogP contribution in [0.1, 0.15) is 12.0 Å². The van der Waals surface area contributed by atoms with Crippen LogP contribution in [0.15, 0.2) is 43.0 Å². The molecule has 0 saturated heterocycles. The maximum atomic E-state index is 12.9. The Labute approximate surface area is 127 Å². The van der Waals surface area contributed by atoms with Crippen LogP contribution in [0.25, 0.3) is 0 Å². The van der Waals surface area contributed by atoms with Crippen molar-refractivity contribution >= 4 is 20.5 Å². The van der Waals surface area contributed by atoms with Gasteiger partial charge in [0.05, 0.1) is 14.4 Å². The van der Waals surface area contributed by atoms with E-state index in [1.165, 1.54) is 18.0 Å². The molecular formula is C15H22ClFN2Si. The zero-order chi connectivity index (χ0) is 13.7. The molecule has 2 nitrogen and oxygen atoms in total. The molecule has 0 N–H and O–H groups in total. The Bertz CT molecular complexity index is 497. The summed E-state index contributed by atoms with van der Waals surface area (Å²) in [6.07, 6.45) is 6.89. The smallest absolute Gasteiger partial charge is 0.123 e. The fraction of sp³-hybridized carbons (Fsp3) is 0.400. The molecule has 0 atom stereocenters. The summed E-state index contributed by atoms with van der Waals surface area (Å²) < 4.78 is 15.0. The van der Waals surface area contributed by atoms with Crippen LogP contribution in [0.2, 0.25) is 19.1 Å². The summed E-state index contributed by atoms with van der Waals surface area (Å²) in [5.74, 6) is -0.150. The van der Waals surface area contributed by atoms with Crippen molar-refractivity contribution in [1.29, 1.82) is 0 Å². The average Bonchev–Trinajstić information content (AvgIpc) is 2.85. The second-order valence-electron chi connectivity index (χ2n) is 5.87. The minimum atomic E-state index is -1.25. The molecule has 0 unspecified atom stereocenters. The van der Waals surface area contributed by atoms with Gasteiger partial charge in [-0.1, -0.05) is 36.8 Å². The van der Waals surface area contributed by atoms with Crippen LogP contribution >= 0.6 is 12.4 Å². The van der Waals surface area contributed by atoms with E-state index in [4.69, 9.17) is 0 Å². The zero-order valence-corrected chi connectivity index (χ0v) is 13.9. The lowest BCUT2D eigenvalue weighted by Crippen LogP contribution is -2.29. The van der Waals surface area contributed by atoms with E-state index in [-0.39, 0.29) is 18.2 Å². The third kappa shape index (κ3) is 5.47. The van der Waals surface area contributed by atoms with Crippen LogP contribution in [-0.2, 0) is 12.6 Å². The molecule has 1 heterocycles. The van der Waals surface area contributed by atoms with Crippen molar-refractivity contribution in [2.75, 3.05) is 0 Å². The zero-order valence-electron chi connectivity index (χ0n) is 12.1. The van der Waals surface area contributed by atoms with Gasteiger partial charge in [-0.25, -0.2) is 9.37 Å². The Hall–Kier alpha value is -1.13. The van der Waals surface area contributed by atoms with Gasteiger partial charge in [0.2, 0.25) is 0 Å². The summed E-state index contributed by atoms with van der Waals surface area (Å²) in [4.78, 5) is 4.05. The number of halogens is 2. The number of aromatic nitrogens is 2. The molecule has 0 amide bonds. The molecule has 2 rings (SSSR count). The molecule has 0 aliphatic rings. The molecule has 0 aliphatic carbocycles. The molecule has 0 aliphatic heterocycles. The van der Waals surface area contributed by atoms with Crippen molar-refractivity contribution in [3.63, 3.8) is 0 Å². The van der Waals surface area contributed by atoms with Gasteiger partial charge in [0.25, 0.3) is 0 Å². The van der Waals surface area contributed by atoms with Gasteiger partial charge >= 0.3 is 0 Å². The second-order valence-corrected chi connectivity index (χ2v) is 11.1. The Morgan fingerprint density at radius 2 is 1.90 bits per heavy atom. The van der Waals surface area contributed by atoms with E-state index in [0.717, 1.165) is 12.6 Å². The first-order valence-corrected chi connectivity index (χ1v) is 10.2. The van der Waals surface area contributed by atoms with Gasteiger partial charge in [0, 0.05) is 18.9 Å². The first kappa shape index (κ1) is 16.9. The number of aryl methyl sites for hydroxylation is 1. The topological polar surface area (TPSA) is 17.8 Å². The quantitative estimate of drug-likeness (QED) is 0.726. The molecule has 1 aromatic heterocycles. The van der Waals surface area contributed by atoms with Crippen molar-refractivity contribution in [3.05, 3.63) is 54.4 Å². The van der Waals surface area contributed by atoms with Gasteiger partial charge in [-0.2, -0.15) is 0 Å². The minimum absolute atomic E-state index is 0. The standard InChI is InChI=1S/C15H21FN2Si.ClH/c1-19(2,11-3-9-18-10-8-17-13-18)12-14-4-6-15(16)7-5-14;/h4-8,10,13H,3,9,11-12H2,1-2H3;1H. The van der Waals surface area contributed by atoms with Crippen molar-refractivity contribution in [3.8, 4) is 0 Å². The molecule has 0 radical (unpaired) electrons. The van der Waals surface area contributed by atoms with Gasteiger partial charge in [-0.15, -0.1) is 12.4 Å². The maximum absolute atomic E-state index is 12.9. The van der Waals surface area contributed by atoms with Crippen LogP contribution in [-0.4, -0.2) is 17.6 Å². The summed E-state index contributed by atoms with van der Waals surface area (Å²) in [7, 11) is -1.25. The van der Waals surface area contributed by atoms with E-state index in [0.29, 0.717) is 0 Å². The van der Waals surface area contributed by atoms with E-state index >= 15 is 0 Å². The second kappa shape index (κ2) is 7.60. The summed E-state index contributed by atoms with van der Waals surface area (Å²) in [5.41, 5.74) is 1.26. The van der Waals surface area contributed by atoms with Crippen molar-refractivity contribution < 1.29 is 4.39 Å². The van der Waals surface area contributed by atoms with Gasteiger partial charge in [-0.3, -0.25) is 0 Å². The largest absolute Gasteiger partial charge is 0.338 e. The molecule has 0 fully saturated rings. The Morgan fingerprint density at radius 3 is 2.50 bits per heavy atom. The number of imidazole rings is 1. The average molecular weight is 313 g/mol. The van der Waals surface area contributed by atoms with E-state index in [9.17, 15) is 4.39 Å². The summed E-state index contributed by atoms with van der Waals surface area (Å²) >= 11 is 0. The van der Waals surface area contributed by atoms with E-state index < -0.39 is 8.07 Å². The monoisotopic (exact) mass is 312 g/mol. The SMILES string of the molecule is C[Si](C)(CCCn1ccnc1)Cc1ccc(F)cc1.Cl. The van der Waals surface area contributed by atoms with Crippen LogP contribution in [0.4, 0.5) is 4.39 Å². The van der Waals surface area contributed by atoms with Crippen LogP contribution in [0.5, 0.6) is 0 Å². The number of benzene rings is 1. The number of nitrogens with zero attached hydrogens (tertiary/aromatic N) is 2. The molecular weight excluding hydrogens is 291 g/mol. The third-order valence-corrected chi connectivity index (χ3v) is 6.50. The fourth-order valence-corrected chi connectivity index (χ4v) is 5.04. The lowest BCUT2D eigenvalue weighted by Gasteiger charge is -2.22. The number of hydrogen-bond donors (Lipinski definition) is 0. The van der Waals surface area contributed by atoms with Crippen molar-refractivity contribution in [2.45, 2.75) is 38.1 Å². The molecule has 5 heteroatoms. The summed E-state index contributed by atoms with van der Waals surface area (Å²) in [6.45, 7) is 5.86. The predicted octanol–water partition coefficient (Wildman–Crippen LogP) is 4.32. The van der Waals surface area contributed by atoms with Gasteiger partial charge in [0.15, 0.2) is 0 Å². The van der Waals surface area contributed by atoms with Gasteiger partial charge < -0.3 is 4.57 Å². The predicted molar refractivity (Wildman–Crippen MR) is 86.5 cm³/mol. The Morgan fingerprint density at radius 1 is 1.20 bits per heavy atom. The van der Waals surface area contributed by atoms with E-state index in [2.05, 4.69) is 22.6 Å². The molecule has 110 valence electrons. The Kier molecular flexibility index (Phi) is 6.43. The van der Waals surface area contributed by atoms with Crippen molar-refractivity contribution in [1.82, 2.24) is 9.55 Å². The highest BCUT2D eigenvalue weighted by atomic mass is 35.5. The maximum Gasteiger partial charge on any atom is 0.123 e.